The number of nitrogens with zero attached hydrogens (tertiary/aromatic N) is 1. The van der Waals surface area contributed by atoms with E-state index in [0.717, 1.165) is 0 Å². The second kappa shape index (κ2) is 4.62. The normalized spacial score (nSPS) is 8.73. The molecule has 6 nitrogen and oxygen atoms in total. The number of nitrogens with two attached hydrogens (primary N) is 1. The molecular weight excluding hydrogens is 196 g/mol. The number of carbonyl (C=O) groups is 2. The third-order valence-electron chi connectivity index (χ3n) is 1.58. The monoisotopic (exact) mass is 204 g/mol. The molecule has 0 fully saturated rings. The largest absolute Gasteiger partial charge is 0.350 e. The van der Waals surface area contributed by atoms with Crippen LogP contribution in [-0.4, -0.2) is 11.9 Å². The number of hydrazine groups is 1. The minimum Gasteiger partial charge on any atom is -0.350 e. The summed E-state index contributed by atoms with van der Waals surface area (Å²) in [5.74, 6) is -0.502. The second-order valence-electron chi connectivity index (χ2n) is 2.63. The van der Waals surface area contributed by atoms with Gasteiger partial charge in [-0.1, -0.05) is 0 Å². The zero-order valence-corrected chi connectivity index (χ0v) is 7.65. The van der Waals surface area contributed by atoms with Crippen molar-refractivity contribution in [1.29, 1.82) is 5.26 Å². The number of primary amides is 1. The third kappa shape index (κ3) is 3.00. The Hall–Kier alpha value is -2.55. The quantitative estimate of drug-likeness (QED) is 0.554. The molecule has 15 heavy (non-hydrogen) atoms. The van der Waals surface area contributed by atoms with Gasteiger partial charge in [0.25, 0.3) is 5.91 Å². The van der Waals surface area contributed by atoms with Crippen molar-refractivity contribution in [1.82, 2.24) is 10.9 Å². The number of hydrogen-bond donors (Lipinski definition) is 3. The molecule has 0 saturated carbocycles. The Labute approximate surface area is 85.7 Å². The summed E-state index contributed by atoms with van der Waals surface area (Å²) in [7, 11) is 0. The summed E-state index contributed by atoms with van der Waals surface area (Å²) < 4.78 is 0. The van der Waals surface area contributed by atoms with E-state index in [4.69, 9.17) is 11.0 Å². The number of rotatable bonds is 1. The summed E-state index contributed by atoms with van der Waals surface area (Å²) >= 11 is 0. The lowest BCUT2D eigenvalue weighted by atomic mass is 10.1. The Balaban J connectivity index is 2.67. The van der Waals surface area contributed by atoms with E-state index in [1.54, 1.807) is 0 Å². The van der Waals surface area contributed by atoms with E-state index in [9.17, 15) is 9.59 Å². The van der Waals surface area contributed by atoms with Crippen LogP contribution in [0.4, 0.5) is 4.79 Å². The molecule has 0 spiro atoms. The standard InChI is InChI=1S/C9H8N4O2/c10-5-6-1-3-7(4-2-6)8(14)12-13-9(11)15/h1-4H,(H,12,14)(H3,11,13,15). The Morgan fingerprint density at radius 2 is 1.80 bits per heavy atom. The van der Waals surface area contributed by atoms with Gasteiger partial charge in [-0.25, -0.2) is 10.2 Å². The number of benzene rings is 1. The maximum Gasteiger partial charge on any atom is 0.330 e. The fourth-order valence-electron chi connectivity index (χ4n) is 0.887. The van der Waals surface area contributed by atoms with Gasteiger partial charge < -0.3 is 5.73 Å². The Morgan fingerprint density at radius 3 is 2.27 bits per heavy atom. The molecule has 76 valence electrons. The highest BCUT2D eigenvalue weighted by atomic mass is 16.2. The van der Waals surface area contributed by atoms with Crippen molar-refractivity contribution >= 4 is 11.9 Å². The minimum atomic E-state index is -0.850. The van der Waals surface area contributed by atoms with Crippen molar-refractivity contribution in [3.63, 3.8) is 0 Å². The summed E-state index contributed by atoms with van der Waals surface area (Å²) in [5, 5.41) is 8.52. The number of hydrogen-bond acceptors (Lipinski definition) is 3. The molecule has 1 rings (SSSR count). The van der Waals surface area contributed by atoms with Crippen molar-refractivity contribution in [3.05, 3.63) is 35.4 Å². The Morgan fingerprint density at radius 1 is 1.20 bits per heavy atom. The molecule has 0 aliphatic rings. The summed E-state index contributed by atoms with van der Waals surface area (Å²) in [6.45, 7) is 0. The maximum atomic E-state index is 11.3. The zero-order chi connectivity index (χ0) is 11.3. The predicted octanol–water partition coefficient (Wildman–Crippen LogP) is -0.129. The van der Waals surface area contributed by atoms with Gasteiger partial charge in [0.2, 0.25) is 0 Å². The van der Waals surface area contributed by atoms with Crippen molar-refractivity contribution in [2.24, 2.45) is 5.73 Å². The summed E-state index contributed by atoms with van der Waals surface area (Å²) in [6.07, 6.45) is 0. The molecule has 0 heterocycles. The van der Waals surface area contributed by atoms with Crippen LogP contribution in [0.15, 0.2) is 24.3 Å². The second-order valence-corrected chi connectivity index (χ2v) is 2.63. The Bertz CT molecular complexity index is 419. The van der Waals surface area contributed by atoms with Gasteiger partial charge in [0.15, 0.2) is 0 Å². The number of nitrogens with one attached hydrogen (secondary N) is 2. The van der Waals surface area contributed by atoms with E-state index in [1.807, 2.05) is 11.5 Å². The van der Waals surface area contributed by atoms with Crippen molar-refractivity contribution < 1.29 is 9.59 Å². The predicted molar refractivity (Wildman–Crippen MR) is 51.3 cm³/mol. The molecule has 0 aliphatic heterocycles. The van der Waals surface area contributed by atoms with E-state index in [0.29, 0.717) is 11.1 Å². The molecule has 3 amide bonds. The number of carbonyl (C=O) groups excluding carboxylic acids is 2. The van der Waals surface area contributed by atoms with Crippen LogP contribution in [0.2, 0.25) is 0 Å². The molecule has 1 aromatic carbocycles. The van der Waals surface area contributed by atoms with Crippen LogP contribution >= 0.6 is 0 Å². The lowest BCUT2D eigenvalue weighted by Gasteiger charge is -2.03. The van der Waals surface area contributed by atoms with Crippen LogP contribution in [-0.2, 0) is 0 Å². The number of nitriles is 1. The van der Waals surface area contributed by atoms with Crippen LogP contribution < -0.4 is 16.6 Å². The summed E-state index contributed by atoms with van der Waals surface area (Å²) in [4.78, 5) is 21.6. The average Bonchev–Trinajstić information content (AvgIpc) is 2.26. The third-order valence-corrected chi connectivity index (χ3v) is 1.58. The SMILES string of the molecule is N#Cc1ccc(C(=O)NNC(N)=O)cc1. The maximum absolute atomic E-state index is 11.3. The highest BCUT2D eigenvalue weighted by Gasteiger charge is 2.04. The van der Waals surface area contributed by atoms with Gasteiger partial charge in [0.1, 0.15) is 0 Å². The molecule has 0 aromatic heterocycles. The van der Waals surface area contributed by atoms with Gasteiger partial charge in [-0.15, -0.1) is 0 Å². The first kappa shape index (κ1) is 10.5. The van der Waals surface area contributed by atoms with Crippen molar-refractivity contribution in [2.75, 3.05) is 0 Å². The topological polar surface area (TPSA) is 108 Å². The van der Waals surface area contributed by atoms with E-state index < -0.39 is 11.9 Å². The molecular formula is C9H8N4O2. The zero-order valence-electron chi connectivity index (χ0n) is 7.65. The van der Waals surface area contributed by atoms with Gasteiger partial charge in [0.05, 0.1) is 11.6 Å². The molecule has 0 bridgehead atoms. The first-order valence-electron chi connectivity index (χ1n) is 3.99. The molecule has 6 heteroatoms. The Kier molecular flexibility index (Phi) is 3.24. The van der Waals surface area contributed by atoms with E-state index in [1.165, 1.54) is 24.3 Å². The van der Waals surface area contributed by atoms with Gasteiger partial charge in [0, 0.05) is 5.56 Å². The number of urea groups is 1. The molecule has 0 unspecified atom stereocenters. The van der Waals surface area contributed by atoms with Crippen LogP contribution in [0.1, 0.15) is 15.9 Å². The first-order chi connectivity index (χ1) is 7.13. The molecule has 0 radical (unpaired) electrons. The van der Waals surface area contributed by atoms with E-state index >= 15 is 0 Å². The average molecular weight is 204 g/mol. The molecule has 4 N–H and O–H groups in total. The van der Waals surface area contributed by atoms with Crippen molar-refractivity contribution in [3.8, 4) is 6.07 Å². The van der Waals surface area contributed by atoms with Gasteiger partial charge >= 0.3 is 6.03 Å². The highest BCUT2D eigenvalue weighted by Crippen LogP contribution is 2.02. The molecule has 0 atom stereocenters. The smallest absolute Gasteiger partial charge is 0.330 e. The van der Waals surface area contributed by atoms with E-state index in [2.05, 4.69) is 5.43 Å². The highest BCUT2D eigenvalue weighted by molar-refractivity contribution is 5.95. The van der Waals surface area contributed by atoms with Crippen LogP contribution in [0, 0.1) is 11.3 Å². The van der Waals surface area contributed by atoms with E-state index in [-0.39, 0.29) is 0 Å². The molecule has 0 aliphatic carbocycles. The van der Waals surface area contributed by atoms with Crippen LogP contribution in [0.25, 0.3) is 0 Å². The number of amides is 3. The van der Waals surface area contributed by atoms with Crippen LogP contribution in [0.3, 0.4) is 0 Å². The van der Waals surface area contributed by atoms with Crippen molar-refractivity contribution in [2.45, 2.75) is 0 Å². The summed E-state index contributed by atoms with van der Waals surface area (Å²) in [5.41, 5.74) is 9.57. The van der Waals surface area contributed by atoms with Crippen LogP contribution in [0.5, 0.6) is 0 Å². The fraction of sp³-hybridized carbons (Fsp3) is 0. The first-order valence-corrected chi connectivity index (χ1v) is 3.99. The fourth-order valence-corrected chi connectivity index (χ4v) is 0.887. The summed E-state index contributed by atoms with van der Waals surface area (Å²) in [6, 6.07) is 7.01. The molecule has 0 saturated heterocycles. The lowest BCUT2D eigenvalue weighted by Crippen LogP contribution is -2.44. The van der Waals surface area contributed by atoms with Gasteiger partial charge in [-0.2, -0.15) is 5.26 Å². The minimum absolute atomic E-state index is 0.322. The molecule has 1 aromatic rings. The van der Waals surface area contributed by atoms with Gasteiger partial charge in [-0.05, 0) is 24.3 Å². The lowest BCUT2D eigenvalue weighted by molar-refractivity contribution is 0.0937. The van der Waals surface area contributed by atoms with Gasteiger partial charge in [-0.3, -0.25) is 10.2 Å².